The van der Waals surface area contributed by atoms with Crippen LogP contribution in [-0.4, -0.2) is 13.1 Å². The van der Waals surface area contributed by atoms with Crippen molar-refractivity contribution in [3.8, 4) is 6.07 Å². The molecule has 1 radical (unpaired) electrons. The summed E-state index contributed by atoms with van der Waals surface area (Å²) in [5, 5.41) is 11.1. The third-order valence-corrected chi connectivity index (χ3v) is 0.864. The fraction of sp³-hybridized carbons (Fsp3) is 0.400. The zero-order chi connectivity index (χ0) is 5.11. The molecule has 0 saturated heterocycles. The highest BCUT2D eigenvalue weighted by molar-refractivity contribution is 5.22. The van der Waals surface area contributed by atoms with E-state index in [1.807, 2.05) is 6.07 Å². The predicted molar refractivity (Wildman–Crippen MR) is 25.2 cm³/mol. The van der Waals surface area contributed by atoms with Gasteiger partial charge in [-0.2, -0.15) is 5.26 Å². The lowest BCUT2D eigenvalue weighted by molar-refractivity contribution is 0.878. The van der Waals surface area contributed by atoms with Gasteiger partial charge in [-0.25, -0.2) is 0 Å². The van der Waals surface area contributed by atoms with Gasteiger partial charge in [-0.05, 0) is 6.08 Å². The van der Waals surface area contributed by atoms with Crippen LogP contribution in [0.2, 0.25) is 0 Å². The molecule has 0 unspecified atom stereocenters. The second kappa shape index (κ2) is 1.76. The Balaban J connectivity index is 2.57. The number of hydrogen-bond donors (Lipinski definition) is 1. The topological polar surface area (TPSA) is 35.8 Å². The lowest BCUT2D eigenvalue weighted by atomic mass is 10.3. The van der Waals surface area contributed by atoms with Gasteiger partial charge in [0.25, 0.3) is 0 Å². The second-order valence-electron chi connectivity index (χ2n) is 1.37. The van der Waals surface area contributed by atoms with Gasteiger partial charge >= 0.3 is 0 Å². The average Bonchev–Trinajstić information content (AvgIpc) is 2.14. The molecule has 1 aliphatic rings. The minimum atomic E-state index is 0.705. The van der Waals surface area contributed by atoms with Crippen molar-refractivity contribution in [1.82, 2.24) is 5.32 Å². The van der Waals surface area contributed by atoms with Crippen molar-refractivity contribution in [2.24, 2.45) is 0 Å². The van der Waals surface area contributed by atoms with Crippen LogP contribution in [0.15, 0.2) is 5.57 Å². The lowest BCUT2D eigenvalue weighted by Crippen LogP contribution is -2.07. The molecule has 0 spiro atoms. The van der Waals surface area contributed by atoms with E-state index in [2.05, 4.69) is 11.4 Å². The van der Waals surface area contributed by atoms with Crippen LogP contribution in [0.3, 0.4) is 0 Å². The van der Waals surface area contributed by atoms with Gasteiger partial charge in [-0.1, -0.05) is 0 Å². The summed E-state index contributed by atoms with van der Waals surface area (Å²) in [6.07, 6.45) is 2.85. The van der Waals surface area contributed by atoms with Gasteiger partial charge in [0, 0.05) is 18.7 Å². The van der Waals surface area contributed by atoms with E-state index in [1.165, 1.54) is 0 Å². The lowest BCUT2D eigenvalue weighted by Gasteiger charge is -1.81. The standard InChI is InChI=1S/C5H5N2/c6-3-5-1-2-7-4-5/h7H,2,4H2. The van der Waals surface area contributed by atoms with Crippen LogP contribution in [0.1, 0.15) is 0 Å². The van der Waals surface area contributed by atoms with Crippen LogP contribution < -0.4 is 5.32 Å². The van der Waals surface area contributed by atoms with E-state index in [9.17, 15) is 0 Å². The molecule has 1 aliphatic heterocycles. The number of nitriles is 1. The first kappa shape index (κ1) is 4.35. The SMILES string of the molecule is N#CC1=[C]CNC1. The van der Waals surface area contributed by atoms with Crippen LogP contribution in [0, 0.1) is 17.4 Å². The molecular weight excluding hydrogens is 88.1 g/mol. The molecule has 1 heterocycles. The summed E-state index contributed by atoms with van der Waals surface area (Å²) in [4.78, 5) is 0. The maximum absolute atomic E-state index is 8.18. The van der Waals surface area contributed by atoms with Gasteiger partial charge in [0.15, 0.2) is 0 Å². The largest absolute Gasteiger partial charge is 0.308 e. The quantitative estimate of drug-likeness (QED) is 0.452. The first-order valence-corrected chi connectivity index (χ1v) is 2.14. The van der Waals surface area contributed by atoms with Crippen LogP contribution >= 0.6 is 0 Å². The molecule has 1 rings (SSSR count). The Morgan fingerprint density at radius 2 is 2.71 bits per heavy atom. The summed E-state index contributed by atoms with van der Waals surface area (Å²) >= 11 is 0. The molecule has 0 amide bonds. The second-order valence-corrected chi connectivity index (χ2v) is 1.37. The Labute approximate surface area is 42.4 Å². The van der Waals surface area contributed by atoms with Crippen molar-refractivity contribution < 1.29 is 0 Å². The van der Waals surface area contributed by atoms with Crippen LogP contribution in [-0.2, 0) is 0 Å². The Kier molecular flexibility index (Phi) is 1.10. The van der Waals surface area contributed by atoms with E-state index >= 15 is 0 Å². The first-order valence-electron chi connectivity index (χ1n) is 2.14. The highest BCUT2D eigenvalue weighted by atomic mass is 14.9. The van der Waals surface area contributed by atoms with Crippen LogP contribution in [0.5, 0.6) is 0 Å². The zero-order valence-electron chi connectivity index (χ0n) is 3.86. The Morgan fingerprint density at radius 1 is 1.86 bits per heavy atom. The van der Waals surface area contributed by atoms with Crippen molar-refractivity contribution in [2.75, 3.05) is 13.1 Å². The van der Waals surface area contributed by atoms with Gasteiger partial charge in [0.05, 0.1) is 6.07 Å². The van der Waals surface area contributed by atoms with Crippen molar-refractivity contribution in [3.63, 3.8) is 0 Å². The maximum Gasteiger partial charge on any atom is 0.0964 e. The van der Waals surface area contributed by atoms with Gasteiger partial charge in [0.2, 0.25) is 0 Å². The maximum atomic E-state index is 8.18. The minimum Gasteiger partial charge on any atom is -0.308 e. The molecule has 0 atom stereocenters. The smallest absolute Gasteiger partial charge is 0.0964 e. The molecule has 2 nitrogen and oxygen atoms in total. The fourth-order valence-corrected chi connectivity index (χ4v) is 0.498. The van der Waals surface area contributed by atoms with E-state index in [0.29, 0.717) is 6.54 Å². The van der Waals surface area contributed by atoms with Gasteiger partial charge in [-0.3, -0.25) is 0 Å². The van der Waals surface area contributed by atoms with E-state index in [1.54, 1.807) is 0 Å². The third-order valence-electron chi connectivity index (χ3n) is 0.864. The first-order chi connectivity index (χ1) is 3.43. The predicted octanol–water partition coefficient (Wildman–Crippen LogP) is -0.157. The van der Waals surface area contributed by atoms with Crippen molar-refractivity contribution in [1.29, 1.82) is 5.26 Å². The molecule has 2 heteroatoms. The van der Waals surface area contributed by atoms with Crippen LogP contribution in [0.25, 0.3) is 0 Å². The Morgan fingerprint density at radius 3 is 3.00 bits per heavy atom. The number of hydrogen-bond acceptors (Lipinski definition) is 2. The van der Waals surface area contributed by atoms with Crippen molar-refractivity contribution >= 4 is 0 Å². The highest BCUT2D eigenvalue weighted by Crippen LogP contribution is 1.92. The van der Waals surface area contributed by atoms with Crippen LogP contribution in [0.4, 0.5) is 0 Å². The molecule has 35 valence electrons. The molecule has 0 aromatic rings. The summed E-state index contributed by atoms with van der Waals surface area (Å²) in [6.45, 7) is 1.44. The summed E-state index contributed by atoms with van der Waals surface area (Å²) in [5.41, 5.74) is 0.736. The number of nitrogens with one attached hydrogen (secondary N) is 1. The molecular formula is C5H5N2. The van der Waals surface area contributed by atoms with Gasteiger partial charge in [0.1, 0.15) is 0 Å². The molecule has 0 bridgehead atoms. The Bertz CT molecular complexity index is 130. The van der Waals surface area contributed by atoms with E-state index in [4.69, 9.17) is 5.26 Å². The number of nitrogens with zero attached hydrogens (tertiary/aromatic N) is 1. The molecule has 7 heavy (non-hydrogen) atoms. The average molecular weight is 93.1 g/mol. The van der Waals surface area contributed by atoms with E-state index in [-0.39, 0.29) is 0 Å². The molecule has 0 aromatic carbocycles. The van der Waals surface area contributed by atoms with Crippen molar-refractivity contribution in [2.45, 2.75) is 0 Å². The highest BCUT2D eigenvalue weighted by Gasteiger charge is 1.99. The molecule has 0 aliphatic carbocycles. The summed E-state index contributed by atoms with van der Waals surface area (Å²) in [5.74, 6) is 0. The normalized spacial score (nSPS) is 18.4. The summed E-state index contributed by atoms with van der Waals surface area (Å²) < 4.78 is 0. The van der Waals surface area contributed by atoms with Gasteiger partial charge < -0.3 is 5.32 Å². The van der Waals surface area contributed by atoms with Gasteiger partial charge in [-0.15, -0.1) is 0 Å². The van der Waals surface area contributed by atoms with Crippen molar-refractivity contribution in [3.05, 3.63) is 11.6 Å². The minimum absolute atomic E-state index is 0.705. The molecule has 0 aromatic heterocycles. The summed E-state index contributed by atoms with van der Waals surface area (Å²) in [7, 11) is 0. The monoisotopic (exact) mass is 93.0 g/mol. The summed E-state index contributed by atoms with van der Waals surface area (Å²) in [6, 6.07) is 2.01. The molecule has 0 saturated carbocycles. The number of rotatable bonds is 0. The Hall–Kier alpha value is -0.810. The third kappa shape index (κ3) is 0.787. The fourth-order valence-electron chi connectivity index (χ4n) is 0.498. The van der Waals surface area contributed by atoms with E-state index in [0.717, 1.165) is 12.1 Å². The zero-order valence-corrected chi connectivity index (χ0v) is 3.86. The molecule has 1 N–H and O–H groups in total. The molecule has 0 fully saturated rings. The van der Waals surface area contributed by atoms with E-state index < -0.39 is 0 Å².